The molecule has 0 amide bonds. The van der Waals surface area contributed by atoms with Gasteiger partial charge < -0.3 is 5.32 Å². The molecule has 0 aliphatic heterocycles. The van der Waals surface area contributed by atoms with Gasteiger partial charge in [0, 0.05) is 13.0 Å². The summed E-state index contributed by atoms with van der Waals surface area (Å²) in [7, 11) is 0. The van der Waals surface area contributed by atoms with Gasteiger partial charge in [-0.15, -0.1) is 0 Å². The van der Waals surface area contributed by atoms with E-state index in [9.17, 15) is 13.2 Å². The van der Waals surface area contributed by atoms with Crippen LogP contribution >= 0.6 is 27.5 Å². The number of anilines is 1. The van der Waals surface area contributed by atoms with Gasteiger partial charge in [0.1, 0.15) is 17.3 Å². The molecule has 0 aliphatic carbocycles. The lowest BCUT2D eigenvalue weighted by atomic mass is 10.3. The first-order valence-corrected chi connectivity index (χ1v) is 5.54. The number of nitrogens with zero attached hydrogens (tertiary/aromatic N) is 2. The summed E-state index contributed by atoms with van der Waals surface area (Å²) in [5.41, 5.74) is 0. The predicted octanol–water partition coefficient (Wildman–Crippen LogP) is 3.65. The van der Waals surface area contributed by atoms with Gasteiger partial charge in [-0.05, 0) is 22.4 Å². The summed E-state index contributed by atoms with van der Waals surface area (Å²) in [6.45, 7) is 0.172. The number of nitrogens with one attached hydrogen (secondary N) is 1. The minimum absolute atomic E-state index is 0.0163. The van der Waals surface area contributed by atoms with Gasteiger partial charge in [0.25, 0.3) is 0 Å². The van der Waals surface area contributed by atoms with Gasteiger partial charge in [-0.2, -0.15) is 13.2 Å². The molecule has 0 aliphatic rings. The highest BCUT2D eigenvalue weighted by Gasteiger charge is 2.25. The Hall–Kier alpha value is -0.560. The minimum Gasteiger partial charge on any atom is -0.369 e. The van der Waals surface area contributed by atoms with E-state index in [0.29, 0.717) is 10.3 Å². The van der Waals surface area contributed by atoms with Gasteiger partial charge in [-0.25, -0.2) is 9.97 Å². The second-order valence-electron chi connectivity index (χ2n) is 2.97. The van der Waals surface area contributed by atoms with Gasteiger partial charge in [0.15, 0.2) is 0 Å². The summed E-state index contributed by atoms with van der Waals surface area (Å²) in [5.74, 6) is 0.391. The van der Waals surface area contributed by atoms with Crippen molar-refractivity contribution in [1.82, 2.24) is 9.97 Å². The van der Waals surface area contributed by atoms with Crippen LogP contribution in [0.15, 0.2) is 10.8 Å². The largest absolute Gasteiger partial charge is 0.389 e. The molecule has 0 unspecified atom stereocenters. The molecule has 1 heterocycles. The molecule has 0 atom stereocenters. The van der Waals surface area contributed by atoms with E-state index in [0.717, 1.165) is 0 Å². The van der Waals surface area contributed by atoms with E-state index >= 15 is 0 Å². The minimum atomic E-state index is -4.12. The van der Waals surface area contributed by atoms with Crippen molar-refractivity contribution >= 4 is 33.3 Å². The van der Waals surface area contributed by atoms with Crippen molar-refractivity contribution in [2.24, 2.45) is 0 Å². The van der Waals surface area contributed by atoms with Crippen LogP contribution in [-0.2, 0) is 0 Å². The molecular weight excluding hydrogens is 310 g/mol. The summed E-state index contributed by atoms with van der Waals surface area (Å²) < 4.78 is 36.0. The fourth-order valence-electron chi connectivity index (χ4n) is 0.967. The normalized spacial score (nSPS) is 11.6. The summed E-state index contributed by atoms with van der Waals surface area (Å²) in [6.07, 6.45) is -3.73. The van der Waals surface area contributed by atoms with Crippen LogP contribution < -0.4 is 5.32 Å². The van der Waals surface area contributed by atoms with E-state index in [4.69, 9.17) is 11.6 Å². The Labute approximate surface area is 104 Å². The van der Waals surface area contributed by atoms with Crippen molar-refractivity contribution in [1.29, 1.82) is 0 Å². The van der Waals surface area contributed by atoms with Crippen molar-refractivity contribution in [3.63, 3.8) is 0 Å². The van der Waals surface area contributed by atoms with E-state index in [1.807, 2.05) is 0 Å². The summed E-state index contributed by atoms with van der Waals surface area (Å²) >= 11 is 8.81. The molecule has 16 heavy (non-hydrogen) atoms. The van der Waals surface area contributed by atoms with Crippen molar-refractivity contribution in [3.8, 4) is 0 Å². The van der Waals surface area contributed by atoms with Crippen LogP contribution in [0.2, 0.25) is 5.15 Å². The third kappa shape index (κ3) is 4.52. The highest BCUT2D eigenvalue weighted by atomic mass is 79.9. The van der Waals surface area contributed by atoms with E-state index in [2.05, 4.69) is 31.2 Å². The van der Waals surface area contributed by atoms with Crippen LogP contribution in [0.25, 0.3) is 0 Å². The highest BCUT2D eigenvalue weighted by molar-refractivity contribution is 9.10. The molecule has 1 rings (SSSR count). The molecule has 3 nitrogen and oxygen atoms in total. The monoisotopic (exact) mass is 317 g/mol. The number of rotatable bonds is 4. The van der Waals surface area contributed by atoms with Crippen molar-refractivity contribution in [3.05, 3.63) is 16.0 Å². The summed E-state index contributed by atoms with van der Waals surface area (Å²) in [6, 6.07) is 0. The van der Waals surface area contributed by atoms with Gasteiger partial charge in [-0.1, -0.05) is 11.6 Å². The average molecular weight is 319 g/mol. The molecule has 0 fully saturated rings. The van der Waals surface area contributed by atoms with E-state index in [1.165, 1.54) is 6.33 Å². The molecule has 0 radical (unpaired) electrons. The second kappa shape index (κ2) is 5.67. The van der Waals surface area contributed by atoms with Crippen LogP contribution in [0.5, 0.6) is 0 Å². The number of aromatic nitrogens is 2. The molecule has 1 aromatic rings. The van der Waals surface area contributed by atoms with Gasteiger partial charge in [0.05, 0.1) is 4.47 Å². The molecule has 1 N–H and O–H groups in total. The SMILES string of the molecule is FC(F)(F)CCCNc1ncnc(Cl)c1Br. The van der Waals surface area contributed by atoms with Crippen LogP contribution in [0.1, 0.15) is 12.8 Å². The molecule has 90 valence electrons. The number of hydrogen-bond acceptors (Lipinski definition) is 3. The molecule has 1 aromatic heterocycles. The zero-order chi connectivity index (χ0) is 12.2. The molecule has 0 aromatic carbocycles. The van der Waals surface area contributed by atoms with Crippen molar-refractivity contribution in [2.75, 3.05) is 11.9 Å². The standard InChI is InChI=1S/C8H8BrClF3N3/c9-5-6(10)15-4-16-7(5)14-3-1-2-8(11,12)13/h4H,1-3H2,(H,14,15,16). The van der Waals surface area contributed by atoms with Crippen molar-refractivity contribution in [2.45, 2.75) is 19.0 Å². The first-order valence-electron chi connectivity index (χ1n) is 4.37. The van der Waals surface area contributed by atoms with E-state index < -0.39 is 12.6 Å². The second-order valence-corrected chi connectivity index (χ2v) is 4.12. The molecule has 0 saturated heterocycles. The van der Waals surface area contributed by atoms with Crippen molar-refractivity contribution < 1.29 is 13.2 Å². The number of alkyl halides is 3. The Bertz CT molecular complexity index is 359. The fourth-order valence-corrected chi connectivity index (χ4v) is 1.45. The molecule has 0 spiro atoms. The molecular formula is C8H8BrClF3N3. The lowest BCUT2D eigenvalue weighted by Gasteiger charge is -2.09. The third-order valence-corrected chi connectivity index (χ3v) is 2.94. The number of halogens is 5. The molecule has 0 saturated carbocycles. The predicted molar refractivity (Wildman–Crippen MR) is 58.5 cm³/mol. The molecule has 8 heteroatoms. The zero-order valence-corrected chi connectivity index (χ0v) is 10.3. The molecule has 0 bridgehead atoms. The highest BCUT2D eigenvalue weighted by Crippen LogP contribution is 2.26. The maximum atomic E-state index is 11.8. The lowest BCUT2D eigenvalue weighted by molar-refractivity contribution is -0.134. The third-order valence-electron chi connectivity index (χ3n) is 1.68. The number of hydrogen-bond donors (Lipinski definition) is 1. The Morgan fingerprint density at radius 1 is 1.38 bits per heavy atom. The lowest BCUT2D eigenvalue weighted by Crippen LogP contribution is -2.11. The average Bonchev–Trinajstić information content (AvgIpc) is 2.17. The summed E-state index contributed by atoms with van der Waals surface area (Å²) in [4.78, 5) is 7.53. The van der Waals surface area contributed by atoms with Crippen LogP contribution in [0, 0.1) is 0 Å². The Morgan fingerprint density at radius 2 is 2.06 bits per heavy atom. The van der Waals surface area contributed by atoms with Crippen LogP contribution in [0.3, 0.4) is 0 Å². The first kappa shape index (κ1) is 13.5. The maximum absolute atomic E-state index is 11.8. The Balaban J connectivity index is 2.41. The van der Waals surface area contributed by atoms with Gasteiger partial charge >= 0.3 is 6.18 Å². The van der Waals surface area contributed by atoms with Crippen LogP contribution in [-0.4, -0.2) is 22.7 Å². The zero-order valence-electron chi connectivity index (χ0n) is 7.98. The summed E-state index contributed by atoms with van der Waals surface area (Å²) in [5, 5.41) is 2.96. The Morgan fingerprint density at radius 3 is 2.69 bits per heavy atom. The Kier molecular flexibility index (Phi) is 4.79. The van der Waals surface area contributed by atoms with E-state index in [1.54, 1.807) is 0 Å². The van der Waals surface area contributed by atoms with Gasteiger partial charge in [-0.3, -0.25) is 0 Å². The van der Waals surface area contributed by atoms with E-state index in [-0.39, 0.29) is 18.1 Å². The maximum Gasteiger partial charge on any atom is 0.389 e. The van der Waals surface area contributed by atoms with Gasteiger partial charge in [0.2, 0.25) is 0 Å². The fraction of sp³-hybridized carbons (Fsp3) is 0.500. The topological polar surface area (TPSA) is 37.8 Å². The smallest absolute Gasteiger partial charge is 0.369 e. The van der Waals surface area contributed by atoms with Crippen LogP contribution in [0.4, 0.5) is 19.0 Å². The first-order chi connectivity index (χ1) is 7.40. The quantitative estimate of drug-likeness (QED) is 0.680.